The van der Waals surface area contributed by atoms with Crippen molar-refractivity contribution in [3.63, 3.8) is 0 Å². The van der Waals surface area contributed by atoms with Crippen LogP contribution in [-0.2, 0) is 11.2 Å². The Labute approximate surface area is 84.8 Å². The molecule has 0 amide bonds. The highest BCUT2D eigenvalue weighted by molar-refractivity contribution is 6.15. The van der Waals surface area contributed by atoms with Crippen LogP contribution in [0.25, 0.3) is 0 Å². The Bertz CT molecular complexity index is 489. The molecular weight excluding hydrogens is 199 g/mol. The Hall–Kier alpha value is -1.97. The normalized spacial score (nSPS) is 16.9. The van der Waals surface area contributed by atoms with Crippen molar-refractivity contribution in [2.45, 2.75) is 6.42 Å². The van der Waals surface area contributed by atoms with Crippen LogP contribution in [0.15, 0.2) is 29.8 Å². The number of carbonyl (C=O) groups is 2. The number of carboxylic acid groups (broad SMARTS) is 1. The monoisotopic (exact) mass is 206 g/mol. The molecule has 1 aromatic carbocycles. The maximum atomic E-state index is 12.8. The molecule has 2 rings (SSSR count). The second-order valence-corrected chi connectivity index (χ2v) is 3.32. The van der Waals surface area contributed by atoms with Crippen molar-refractivity contribution in [3.8, 4) is 0 Å². The van der Waals surface area contributed by atoms with E-state index in [2.05, 4.69) is 0 Å². The number of allylic oxidation sites excluding steroid dienone is 1. The molecule has 0 bridgehead atoms. The van der Waals surface area contributed by atoms with Gasteiger partial charge in [-0.1, -0.05) is 0 Å². The Morgan fingerprint density at radius 1 is 1.47 bits per heavy atom. The summed E-state index contributed by atoms with van der Waals surface area (Å²) in [4.78, 5) is 22.0. The third kappa shape index (κ3) is 1.66. The lowest BCUT2D eigenvalue weighted by atomic mass is 10.1. The number of Topliss-reactive ketones (excluding diaryl/α,β-unsaturated/α-hetero) is 1. The SMILES string of the molecule is O=C(O)C=C1Cc2cc(F)ccc2C1=O. The van der Waals surface area contributed by atoms with Crippen LogP contribution in [-0.4, -0.2) is 16.9 Å². The van der Waals surface area contributed by atoms with Crippen LogP contribution >= 0.6 is 0 Å². The predicted octanol–water partition coefficient (Wildman–Crippen LogP) is 1.58. The third-order valence-electron chi connectivity index (χ3n) is 2.28. The Balaban J connectivity index is 2.46. The van der Waals surface area contributed by atoms with E-state index in [-0.39, 0.29) is 17.8 Å². The molecule has 1 N–H and O–H groups in total. The van der Waals surface area contributed by atoms with Crippen molar-refractivity contribution < 1.29 is 19.1 Å². The van der Waals surface area contributed by atoms with Gasteiger partial charge < -0.3 is 5.11 Å². The van der Waals surface area contributed by atoms with Crippen LogP contribution in [0.5, 0.6) is 0 Å². The number of hydrogen-bond donors (Lipinski definition) is 1. The standard InChI is InChI=1S/C11H7FO3/c12-8-1-2-9-6(4-8)3-7(11(9)15)5-10(13)14/h1-2,4-5H,3H2,(H,13,14). The Morgan fingerprint density at radius 2 is 2.20 bits per heavy atom. The van der Waals surface area contributed by atoms with Crippen LogP contribution in [0.4, 0.5) is 4.39 Å². The molecule has 0 aromatic heterocycles. The number of carbonyl (C=O) groups excluding carboxylic acids is 1. The summed E-state index contributed by atoms with van der Waals surface area (Å²) in [5, 5.41) is 8.52. The van der Waals surface area contributed by atoms with Crippen molar-refractivity contribution in [1.82, 2.24) is 0 Å². The second-order valence-electron chi connectivity index (χ2n) is 3.32. The molecule has 1 aromatic rings. The number of benzene rings is 1. The average molecular weight is 206 g/mol. The van der Waals surface area contributed by atoms with Gasteiger partial charge in [-0.15, -0.1) is 0 Å². The predicted molar refractivity (Wildman–Crippen MR) is 50.2 cm³/mol. The zero-order valence-corrected chi connectivity index (χ0v) is 7.66. The van der Waals surface area contributed by atoms with Crippen LogP contribution in [0.3, 0.4) is 0 Å². The minimum atomic E-state index is -1.16. The number of aliphatic carboxylic acids is 1. The van der Waals surface area contributed by atoms with E-state index < -0.39 is 11.8 Å². The minimum Gasteiger partial charge on any atom is -0.478 e. The number of hydrogen-bond acceptors (Lipinski definition) is 2. The Kier molecular flexibility index (Phi) is 2.11. The van der Waals surface area contributed by atoms with E-state index in [4.69, 9.17) is 5.11 Å². The third-order valence-corrected chi connectivity index (χ3v) is 2.28. The summed E-state index contributed by atoms with van der Waals surface area (Å²) >= 11 is 0. The molecule has 1 aliphatic rings. The number of carboxylic acids is 1. The molecular formula is C11H7FO3. The van der Waals surface area contributed by atoms with Gasteiger partial charge in [0.05, 0.1) is 0 Å². The van der Waals surface area contributed by atoms with E-state index in [1.54, 1.807) is 0 Å². The summed E-state index contributed by atoms with van der Waals surface area (Å²) in [5.74, 6) is -1.91. The summed E-state index contributed by atoms with van der Waals surface area (Å²) in [6.45, 7) is 0. The first kappa shape index (κ1) is 9.58. The van der Waals surface area contributed by atoms with E-state index in [1.807, 2.05) is 0 Å². The van der Waals surface area contributed by atoms with Gasteiger partial charge in [0.1, 0.15) is 5.82 Å². The lowest BCUT2D eigenvalue weighted by Gasteiger charge is -1.94. The van der Waals surface area contributed by atoms with Gasteiger partial charge in [0.25, 0.3) is 0 Å². The first-order chi connectivity index (χ1) is 7.08. The molecule has 0 heterocycles. The molecule has 1 aliphatic carbocycles. The van der Waals surface area contributed by atoms with Crippen molar-refractivity contribution in [3.05, 3.63) is 46.8 Å². The highest BCUT2D eigenvalue weighted by Crippen LogP contribution is 2.26. The van der Waals surface area contributed by atoms with E-state index >= 15 is 0 Å². The number of halogens is 1. The van der Waals surface area contributed by atoms with Crippen molar-refractivity contribution in [2.75, 3.05) is 0 Å². The largest absolute Gasteiger partial charge is 0.478 e. The summed E-state index contributed by atoms with van der Waals surface area (Å²) in [6, 6.07) is 3.84. The first-order valence-corrected chi connectivity index (χ1v) is 4.34. The van der Waals surface area contributed by atoms with Crippen LogP contribution in [0.2, 0.25) is 0 Å². The zero-order valence-electron chi connectivity index (χ0n) is 7.66. The fourth-order valence-corrected chi connectivity index (χ4v) is 1.65. The quantitative estimate of drug-likeness (QED) is 0.709. The minimum absolute atomic E-state index is 0.193. The fraction of sp³-hybridized carbons (Fsp3) is 0.0909. The maximum absolute atomic E-state index is 12.8. The lowest BCUT2D eigenvalue weighted by Crippen LogP contribution is -1.99. The number of fused-ring (bicyclic) bond motifs is 1. The zero-order chi connectivity index (χ0) is 11.0. The van der Waals surface area contributed by atoms with Crippen LogP contribution in [0, 0.1) is 5.82 Å². The molecule has 0 spiro atoms. The van der Waals surface area contributed by atoms with Gasteiger partial charge in [0.15, 0.2) is 5.78 Å². The van der Waals surface area contributed by atoms with Gasteiger partial charge in [0, 0.05) is 23.6 Å². The van der Waals surface area contributed by atoms with Crippen LogP contribution in [0.1, 0.15) is 15.9 Å². The summed E-state index contributed by atoms with van der Waals surface area (Å²) in [7, 11) is 0. The van der Waals surface area contributed by atoms with Crippen molar-refractivity contribution in [2.24, 2.45) is 0 Å². The highest BCUT2D eigenvalue weighted by atomic mass is 19.1. The molecule has 0 unspecified atom stereocenters. The van der Waals surface area contributed by atoms with Gasteiger partial charge in [0.2, 0.25) is 0 Å². The maximum Gasteiger partial charge on any atom is 0.328 e. The molecule has 0 radical (unpaired) electrons. The van der Waals surface area contributed by atoms with Crippen molar-refractivity contribution in [1.29, 1.82) is 0 Å². The average Bonchev–Trinajstić information content (AvgIpc) is 2.42. The van der Waals surface area contributed by atoms with E-state index in [9.17, 15) is 14.0 Å². The topological polar surface area (TPSA) is 54.4 Å². The highest BCUT2D eigenvalue weighted by Gasteiger charge is 2.25. The van der Waals surface area contributed by atoms with Crippen LogP contribution < -0.4 is 0 Å². The van der Waals surface area contributed by atoms with E-state index in [0.717, 1.165) is 6.08 Å². The second kappa shape index (κ2) is 3.31. The lowest BCUT2D eigenvalue weighted by molar-refractivity contribution is -0.131. The van der Waals surface area contributed by atoms with Gasteiger partial charge in [-0.2, -0.15) is 0 Å². The van der Waals surface area contributed by atoms with Crippen molar-refractivity contribution >= 4 is 11.8 Å². The molecule has 15 heavy (non-hydrogen) atoms. The van der Waals surface area contributed by atoms with E-state index in [0.29, 0.717) is 11.1 Å². The molecule has 0 atom stereocenters. The summed E-state index contributed by atoms with van der Waals surface area (Å²) in [6.07, 6.45) is 1.07. The Morgan fingerprint density at radius 3 is 2.87 bits per heavy atom. The number of rotatable bonds is 1. The first-order valence-electron chi connectivity index (χ1n) is 4.34. The fourth-order valence-electron chi connectivity index (χ4n) is 1.65. The molecule has 0 saturated carbocycles. The molecule has 4 heteroatoms. The smallest absolute Gasteiger partial charge is 0.328 e. The van der Waals surface area contributed by atoms with Gasteiger partial charge in [-0.25, -0.2) is 9.18 Å². The summed E-state index contributed by atoms with van der Waals surface area (Å²) in [5.41, 5.74) is 1.14. The molecule has 0 fully saturated rings. The van der Waals surface area contributed by atoms with Gasteiger partial charge >= 0.3 is 5.97 Å². The van der Waals surface area contributed by atoms with Gasteiger partial charge in [-0.05, 0) is 23.8 Å². The summed E-state index contributed by atoms with van der Waals surface area (Å²) < 4.78 is 12.8. The number of ketones is 1. The molecule has 0 aliphatic heterocycles. The molecule has 3 nitrogen and oxygen atoms in total. The molecule has 76 valence electrons. The van der Waals surface area contributed by atoms with E-state index in [1.165, 1.54) is 18.2 Å². The molecule has 0 saturated heterocycles. The van der Waals surface area contributed by atoms with Gasteiger partial charge in [-0.3, -0.25) is 4.79 Å².